The molecule has 1 aliphatic carbocycles. The Labute approximate surface area is 150 Å². The third-order valence-electron chi connectivity index (χ3n) is 4.90. The lowest BCUT2D eigenvalue weighted by atomic mass is 10.1. The average Bonchev–Trinajstić information content (AvgIpc) is 3.27. The van der Waals surface area contributed by atoms with Crippen molar-refractivity contribution in [2.75, 3.05) is 11.1 Å². The second-order valence-electron chi connectivity index (χ2n) is 6.56. The van der Waals surface area contributed by atoms with E-state index in [0.29, 0.717) is 5.95 Å². The molecule has 6 heteroatoms. The van der Waals surface area contributed by atoms with Gasteiger partial charge in [0, 0.05) is 17.6 Å². The average molecular weight is 342 g/mol. The highest BCUT2D eigenvalue weighted by atomic mass is 15.3. The summed E-state index contributed by atoms with van der Waals surface area (Å²) in [6.07, 6.45) is 5.76. The molecule has 1 unspecified atom stereocenters. The minimum absolute atomic E-state index is 0.225. The Morgan fingerprint density at radius 2 is 1.88 bits per heavy atom. The molecular formula is C20H18N6. The fraction of sp³-hybridized carbons (Fsp3) is 0.150. The van der Waals surface area contributed by atoms with E-state index in [-0.39, 0.29) is 6.04 Å². The van der Waals surface area contributed by atoms with Gasteiger partial charge in [-0.3, -0.25) is 0 Å². The van der Waals surface area contributed by atoms with Crippen LogP contribution in [0, 0.1) is 0 Å². The molecule has 0 amide bonds. The van der Waals surface area contributed by atoms with Crippen LogP contribution in [0.25, 0.3) is 11.0 Å². The van der Waals surface area contributed by atoms with E-state index in [0.717, 1.165) is 35.2 Å². The monoisotopic (exact) mass is 342 g/mol. The summed E-state index contributed by atoms with van der Waals surface area (Å²) in [5.74, 6) is 0.551. The lowest BCUT2D eigenvalue weighted by Crippen LogP contribution is -2.10. The minimum atomic E-state index is 0.225. The second kappa shape index (κ2) is 5.84. The van der Waals surface area contributed by atoms with Crippen LogP contribution in [-0.2, 0) is 6.42 Å². The van der Waals surface area contributed by atoms with Gasteiger partial charge in [0.15, 0.2) is 5.65 Å². The number of aromatic nitrogens is 4. The van der Waals surface area contributed by atoms with Gasteiger partial charge in [-0.2, -0.15) is 10.1 Å². The Bertz CT molecular complexity index is 1080. The number of hydrogen-bond donors (Lipinski definition) is 2. The van der Waals surface area contributed by atoms with Gasteiger partial charge in [-0.25, -0.2) is 9.67 Å². The van der Waals surface area contributed by atoms with Gasteiger partial charge < -0.3 is 11.1 Å². The summed E-state index contributed by atoms with van der Waals surface area (Å²) >= 11 is 0. The molecule has 26 heavy (non-hydrogen) atoms. The molecule has 3 N–H and O–H groups in total. The van der Waals surface area contributed by atoms with E-state index in [1.807, 2.05) is 41.3 Å². The van der Waals surface area contributed by atoms with Gasteiger partial charge in [-0.15, -0.1) is 0 Å². The molecule has 0 radical (unpaired) electrons. The molecule has 5 rings (SSSR count). The highest BCUT2D eigenvalue weighted by Crippen LogP contribution is 2.35. The molecule has 1 atom stereocenters. The summed E-state index contributed by atoms with van der Waals surface area (Å²) in [7, 11) is 0. The van der Waals surface area contributed by atoms with Crippen LogP contribution in [0.5, 0.6) is 0 Å². The number of nitrogen functional groups attached to an aromatic ring is 1. The molecule has 6 nitrogen and oxygen atoms in total. The molecule has 0 bridgehead atoms. The fourth-order valence-electron chi connectivity index (χ4n) is 3.61. The lowest BCUT2D eigenvalue weighted by molar-refractivity contribution is 0.533. The molecule has 4 aromatic rings. The maximum atomic E-state index is 5.74. The molecule has 2 aromatic heterocycles. The third-order valence-corrected chi connectivity index (χ3v) is 4.90. The number of aryl methyl sites for hydroxylation is 1. The first-order valence-electron chi connectivity index (χ1n) is 8.68. The molecule has 128 valence electrons. The summed E-state index contributed by atoms with van der Waals surface area (Å²) in [6, 6.07) is 16.3. The summed E-state index contributed by atoms with van der Waals surface area (Å²) in [5.41, 5.74) is 10.9. The van der Waals surface area contributed by atoms with Gasteiger partial charge in [0.05, 0.1) is 17.6 Å². The third kappa shape index (κ3) is 2.47. The van der Waals surface area contributed by atoms with Crippen LogP contribution in [0.4, 0.5) is 17.3 Å². The van der Waals surface area contributed by atoms with Crippen LogP contribution in [-0.4, -0.2) is 19.7 Å². The molecule has 0 fully saturated rings. The van der Waals surface area contributed by atoms with Crippen LogP contribution < -0.4 is 11.1 Å². The standard InChI is InChI=1S/C20H18N6/c21-15-6-8-16(9-7-15)24-20-22-11-14-12-23-26(19(14)25-20)18-10-5-13-3-1-2-4-17(13)18/h1-4,6-9,11-12,18H,5,10,21H2,(H,22,24,25). The Hall–Kier alpha value is -3.41. The van der Waals surface area contributed by atoms with E-state index in [1.54, 1.807) is 0 Å². The molecule has 2 heterocycles. The van der Waals surface area contributed by atoms with Crippen molar-refractivity contribution in [1.29, 1.82) is 0 Å². The Balaban J connectivity index is 1.53. The van der Waals surface area contributed by atoms with Crippen molar-refractivity contribution in [1.82, 2.24) is 19.7 Å². The van der Waals surface area contributed by atoms with Gasteiger partial charge in [0.25, 0.3) is 0 Å². The molecule has 0 saturated carbocycles. The van der Waals surface area contributed by atoms with Crippen molar-refractivity contribution in [3.05, 3.63) is 72.1 Å². The van der Waals surface area contributed by atoms with Crippen molar-refractivity contribution >= 4 is 28.4 Å². The number of nitrogens with zero attached hydrogens (tertiary/aromatic N) is 4. The predicted molar refractivity (Wildman–Crippen MR) is 102 cm³/mol. The SMILES string of the molecule is Nc1ccc(Nc2ncc3cnn(C4CCc5ccccc54)c3n2)cc1. The van der Waals surface area contributed by atoms with Crippen LogP contribution in [0.3, 0.4) is 0 Å². The van der Waals surface area contributed by atoms with Crippen molar-refractivity contribution in [2.45, 2.75) is 18.9 Å². The second-order valence-corrected chi connectivity index (χ2v) is 6.56. The quantitative estimate of drug-likeness (QED) is 0.555. The van der Waals surface area contributed by atoms with Crippen molar-refractivity contribution in [3.63, 3.8) is 0 Å². The maximum absolute atomic E-state index is 5.74. The summed E-state index contributed by atoms with van der Waals surface area (Å²) < 4.78 is 2.02. The van der Waals surface area contributed by atoms with E-state index in [1.165, 1.54) is 11.1 Å². The van der Waals surface area contributed by atoms with Crippen LogP contribution in [0.2, 0.25) is 0 Å². The molecule has 1 aliphatic rings. The highest BCUT2D eigenvalue weighted by Gasteiger charge is 2.25. The van der Waals surface area contributed by atoms with E-state index >= 15 is 0 Å². The zero-order valence-electron chi connectivity index (χ0n) is 14.1. The van der Waals surface area contributed by atoms with E-state index in [9.17, 15) is 0 Å². The van der Waals surface area contributed by atoms with Crippen molar-refractivity contribution < 1.29 is 0 Å². The largest absolute Gasteiger partial charge is 0.399 e. The number of fused-ring (bicyclic) bond motifs is 2. The van der Waals surface area contributed by atoms with Gasteiger partial charge in [-0.05, 0) is 48.2 Å². The molecule has 0 spiro atoms. The van der Waals surface area contributed by atoms with Crippen molar-refractivity contribution in [3.8, 4) is 0 Å². The number of anilines is 3. The number of nitrogens with two attached hydrogens (primary N) is 1. The number of nitrogens with one attached hydrogen (secondary N) is 1. The highest BCUT2D eigenvalue weighted by molar-refractivity contribution is 5.75. The normalized spacial score (nSPS) is 15.9. The van der Waals surface area contributed by atoms with E-state index in [4.69, 9.17) is 10.7 Å². The van der Waals surface area contributed by atoms with Crippen molar-refractivity contribution in [2.24, 2.45) is 0 Å². The first kappa shape index (κ1) is 14.9. The van der Waals surface area contributed by atoms with E-state index in [2.05, 4.69) is 39.7 Å². The Morgan fingerprint density at radius 1 is 1.04 bits per heavy atom. The Kier molecular flexibility index (Phi) is 3.35. The maximum Gasteiger partial charge on any atom is 0.229 e. The minimum Gasteiger partial charge on any atom is -0.399 e. The van der Waals surface area contributed by atoms with E-state index < -0.39 is 0 Å². The summed E-state index contributed by atoms with van der Waals surface area (Å²) in [5, 5.41) is 8.78. The zero-order chi connectivity index (χ0) is 17.5. The van der Waals surface area contributed by atoms with Crippen LogP contribution in [0.1, 0.15) is 23.6 Å². The number of benzene rings is 2. The summed E-state index contributed by atoms with van der Waals surface area (Å²) in [6.45, 7) is 0. The number of rotatable bonds is 3. The number of hydrogen-bond acceptors (Lipinski definition) is 5. The van der Waals surface area contributed by atoms with Gasteiger partial charge in [0.1, 0.15) is 0 Å². The smallest absolute Gasteiger partial charge is 0.229 e. The molecule has 0 aliphatic heterocycles. The van der Waals surface area contributed by atoms with Crippen LogP contribution in [0.15, 0.2) is 60.9 Å². The lowest BCUT2D eigenvalue weighted by Gasteiger charge is -2.13. The van der Waals surface area contributed by atoms with Gasteiger partial charge in [0.2, 0.25) is 5.95 Å². The van der Waals surface area contributed by atoms with Crippen LogP contribution >= 0.6 is 0 Å². The first-order chi connectivity index (χ1) is 12.8. The van der Waals surface area contributed by atoms with Gasteiger partial charge in [-0.1, -0.05) is 24.3 Å². The molecule has 2 aromatic carbocycles. The fourth-order valence-corrected chi connectivity index (χ4v) is 3.61. The predicted octanol–water partition coefficient (Wildman–Crippen LogP) is 3.69. The zero-order valence-corrected chi connectivity index (χ0v) is 14.1. The Morgan fingerprint density at radius 3 is 2.77 bits per heavy atom. The first-order valence-corrected chi connectivity index (χ1v) is 8.68. The molecular weight excluding hydrogens is 324 g/mol. The topological polar surface area (TPSA) is 81.6 Å². The summed E-state index contributed by atoms with van der Waals surface area (Å²) in [4.78, 5) is 9.12. The molecule has 0 saturated heterocycles. The van der Waals surface area contributed by atoms with Gasteiger partial charge >= 0.3 is 0 Å².